The largest absolute Gasteiger partial charge is 0.402 e. The lowest BCUT2D eigenvalue weighted by molar-refractivity contribution is 0.519. The molecule has 3 nitrogen and oxygen atoms in total. The van der Waals surface area contributed by atoms with Gasteiger partial charge < -0.3 is 4.42 Å². The van der Waals surface area contributed by atoms with Gasteiger partial charge in [-0.2, -0.15) is 0 Å². The monoisotopic (exact) mass is 385 g/mol. The lowest BCUT2D eigenvalue weighted by atomic mass is 10.2. The van der Waals surface area contributed by atoms with Gasteiger partial charge in [-0.15, -0.1) is 11.3 Å². The molecule has 0 fully saturated rings. The molecule has 0 aliphatic carbocycles. The number of thiophene rings is 1. The molecule has 1 aromatic carbocycles. The van der Waals surface area contributed by atoms with Crippen molar-refractivity contribution in [3.63, 3.8) is 0 Å². The lowest BCUT2D eigenvalue weighted by Crippen LogP contribution is -2.03. The normalized spacial score (nSPS) is 11.0. The molecule has 0 amide bonds. The molecule has 3 rings (SSSR count). The van der Waals surface area contributed by atoms with Crippen LogP contribution in [0, 0.1) is 0 Å². The molecule has 18 heavy (non-hydrogen) atoms. The van der Waals surface area contributed by atoms with Crippen LogP contribution in [0.3, 0.4) is 0 Å². The van der Waals surface area contributed by atoms with Gasteiger partial charge in [0.25, 0.3) is 0 Å². The van der Waals surface area contributed by atoms with Crippen molar-refractivity contribution in [1.82, 2.24) is 4.98 Å². The van der Waals surface area contributed by atoms with Gasteiger partial charge in [0.2, 0.25) is 5.89 Å². The Hall–Kier alpha value is -0.980. The summed E-state index contributed by atoms with van der Waals surface area (Å²) in [5.41, 5.74) is 0.225. The summed E-state index contributed by atoms with van der Waals surface area (Å²) < 4.78 is 6.81. The number of aromatic nitrogens is 1. The van der Waals surface area contributed by atoms with Crippen molar-refractivity contribution >= 4 is 54.1 Å². The maximum absolute atomic E-state index is 12.0. The van der Waals surface area contributed by atoms with Crippen molar-refractivity contribution in [1.29, 1.82) is 0 Å². The van der Waals surface area contributed by atoms with Crippen LogP contribution in [0.4, 0.5) is 0 Å². The molecule has 0 N–H and O–H groups in total. The standard InChI is InChI=1S/C12H5Br2NO2S/c13-6-4-7-10(8(14)5-6)15-11(17-12(7)16)9-2-1-3-18-9/h1-5H. The van der Waals surface area contributed by atoms with Crippen LogP contribution < -0.4 is 5.63 Å². The number of fused-ring (bicyclic) bond motifs is 1. The summed E-state index contributed by atoms with van der Waals surface area (Å²) >= 11 is 8.23. The molecule has 3 aromatic rings. The molecule has 0 aliphatic rings. The highest BCUT2D eigenvalue weighted by molar-refractivity contribution is 9.11. The van der Waals surface area contributed by atoms with E-state index < -0.39 is 0 Å². The van der Waals surface area contributed by atoms with Gasteiger partial charge in [0.15, 0.2) is 0 Å². The van der Waals surface area contributed by atoms with Gasteiger partial charge in [-0.05, 0) is 39.5 Å². The van der Waals surface area contributed by atoms with Crippen molar-refractivity contribution in [2.24, 2.45) is 0 Å². The fourth-order valence-electron chi connectivity index (χ4n) is 1.61. The van der Waals surface area contributed by atoms with E-state index in [-0.39, 0.29) is 5.63 Å². The zero-order valence-corrected chi connectivity index (χ0v) is 12.8. The first kappa shape index (κ1) is 12.1. The number of hydrogen-bond acceptors (Lipinski definition) is 4. The molecule has 6 heteroatoms. The van der Waals surface area contributed by atoms with Crippen LogP contribution in [0.2, 0.25) is 0 Å². The predicted octanol–water partition coefficient (Wildman–Crippen LogP) is 4.44. The smallest absolute Gasteiger partial charge is 0.347 e. The molecule has 90 valence electrons. The van der Waals surface area contributed by atoms with Crippen LogP contribution in [0.25, 0.3) is 21.7 Å². The van der Waals surface area contributed by atoms with Crippen molar-refractivity contribution in [3.8, 4) is 10.8 Å². The maximum atomic E-state index is 12.0. The number of halogens is 2. The van der Waals surface area contributed by atoms with Crippen molar-refractivity contribution in [2.45, 2.75) is 0 Å². The minimum Gasteiger partial charge on any atom is -0.402 e. The third-order valence-electron chi connectivity index (χ3n) is 2.38. The summed E-state index contributed by atoms with van der Waals surface area (Å²) in [5, 5.41) is 2.37. The topological polar surface area (TPSA) is 43.1 Å². The predicted molar refractivity (Wildman–Crippen MR) is 79.0 cm³/mol. The van der Waals surface area contributed by atoms with Gasteiger partial charge in [-0.1, -0.05) is 22.0 Å². The molecule has 0 saturated heterocycles. The Balaban J connectivity index is 2.38. The zero-order valence-electron chi connectivity index (χ0n) is 8.81. The van der Waals surface area contributed by atoms with E-state index in [4.69, 9.17) is 4.42 Å². The highest BCUT2D eigenvalue weighted by Gasteiger charge is 2.12. The van der Waals surface area contributed by atoms with E-state index in [1.165, 1.54) is 11.3 Å². The average Bonchev–Trinajstić information content (AvgIpc) is 2.83. The summed E-state index contributed by atoms with van der Waals surface area (Å²) in [6.07, 6.45) is 0. The van der Waals surface area contributed by atoms with Crippen molar-refractivity contribution < 1.29 is 4.42 Å². The van der Waals surface area contributed by atoms with E-state index in [1.54, 1.807) is 6.07 Å². The number of hydrogen-bond donors (Lipinski definition) is 0. The third-order valence-corrected chi connectivity index (χ3v) is 4.30. The average molecular weight is 387 g/mol. The molecule has 0 bridgehead atoms. The van der Waals surface area contributed by atoms with Crippen LogP contribution in [0.15, 0.2) is 47.8 Å². The van der Waals surface area contributed by atoms with E-state index in [9.17, 15) is 4.79 Å². The molecule has 0 saturated carbocycles. The molecule has 2 heterocycles. The summed E-state index contributed by atoms with van der Waals surface area (Å²) in [7, 11) is 0. The van der Waals surface area contributed by atoms with E-state index in [0.29, 0.717) is 16.8 Å². The second-order valence-electron chi connectivity index (χ2n) is 3.57. The quantitative estimate of drug-likeness (QED) is 0.620. The minimum atomic E-state index is -0.384. The van der Waals surface area contributed by atoms with Gasteiger partial charge >= 0.3 is 5.63 Å². The van der Waals surface area contributed by atoms with Gasteiger partial charge in [-0.25, -0.2) is 9.78 Å². The van der Waals surface area contributed by atoms with E-state index in [1.807, 2.05) is 23.6 Å². The van der Waals surface area contributed by atoms with Crippen molar-refractivity contribution in [2.75, 3.05) is 0 Å². The Morgan fingerprint density at radius 3 is 2.83 bits per heavy atom. The Labute approximate surface area is 123 Å². The van der Waals surface area contributed by atoms with Gasteiger partial charge in [-0.3, -0.25) is 0 Å². The first-order valence-corrected chi connectivity index (χ1v) is 7.45. The highest BCUT2D eigenvalue weighted by atomic mass is 79.9. The first-order valence-electron chi connectivity index (χ1n) is 4.99. The van der Waals surface area contributed by atoms with E-state index >= 15 is 0 Å². The fourth-order valence-corrected chi connectivity index (χ4v) is 3.57. The number of rotatable bonds is 1. The molecule has 0 radical (unpaired) electrons. The van der Waals surface area contributed by atoms with Crippen LogP contribution in [-0.4, -0.2) is 4.98 Å². The second kappa shape index (κ2) is 4.60. The molecule has 0 atom stereocenters. The summed E-state index contributed by atoms with van der Waals surface area (Å²) in [6, 6.07) is 7.32. The van der Waals surface area contributed by atoms with Crippen LogP contribution in [-0.2, 0) is 0 Å². The highest BCUT2D eigenvalue weighted by Crippen LogP contribution is 2.28. The third kappa shape index (κ3) is 2.04. The second-order valence-corrected chi connectivity index (χ2v) is 6.29. The summed E-state index contributed by atoms with van der Waals surface area (Å²) in [6.45, 7) is 0. The van der Waals surface area contributed by atoms with Crippen LogP contribution in [0.5, 0.6) is 0 Å². The molecular weight excluding hydrogens is 382 g/mol. The summed E-state index contributed by atoms with van der Waals surface area (Å²) in [4.78, 5) is 17.2. The number of benzene rings is 1. The van der Waals surface area contributed by atoms with Crippen LogP contribution >= 0.6 is 43.2 Å². The summed E-state index contributed by atoms with van der Waals surface area (Å²) in [5.74, 6) is 0.352. The van der Waals surface area contributed by atoms with E-state index in [0.717, 1.165) is 13.8 Å². The van der Waals surface area contributed by atoms with Crippen LogP contribution in [0.1, 0.15) is 0 Å². The molecule has 0 unspecified atom stereocenters. The lowest BCUT2D eigenvalue weighted by Gasteiger charge is -2.02. The SMILES string of the molecule is O=c1oc(-c2cccs2)nc2c(Br)cc(Br)cc12. The maximum Gasteiger partial charge on any atom is 0.347 e. The van der Waals surface area contributed by atoms with Gasteiger partial charge in [0.05, 0.1) is 15.8 Å². The van der Waals surface area contributed by atoms with Crippen molar-refractivity contribution in [3.05, 3.63) is 49.0 Å². The fraction of sp³-hybridized carbons (Fsp3) is 0. The Kier molecular flexibility index (Phi) is 3.09. The zero-order chi connectivity index (χ0) is 12.7. The van der Waals surface area contributed by atoms with E-state index in [2.05, 4.69) is 36.8 Å². The molecule has 0 spiro atoms. The van der Waals surface area contributed by atoms with Gasteiger partial charge in [0.1, 0.15) is 0 Å². The van der Waals surface area contributed by atoms with Gasteiger partial charge in [0, 0.05) is 8.95 Å². The minimum absolute atomic E-state index is 0.352. The molecule has 2 aromatic heterocycles. The first-order chi connectivity index (χ1) is 8.65. The Morgan fingerprint density at radius 2 is 2.11 bits per heavy atom. The molecule has 0 aliphatic heterocycles. The Bertz CT molecular complexity index is 781. The molecular formula is C12H5Br2NO2S. The number of nitrogens with zero attached hydrogens (tertiary/aromatic N) is 1. The Morgan fingerprint density at radius 1 is 1.28 bits per heavy atom.